The van der Waals surface area contributed by atoms with Crippen molar-refractivity contribution in [1.82, 2.24) is 19.9 Å². The maximum atomic E-state index is 13.5. The van der Waals surface area contributed by atoms with Crippen LogP contribution in [0, 0.1) is 12.7 Å². The van der Waals surface area contributed by atoms with Crippen molar-refractivity contribution in [3.63, 3.8) is 0 Å². The van der Waals surface area contributed by atoms with Crippen molar-refractivity contribution in [1.29, 1.82) is 0 Å². The van der Waals surface area contributed by atoms with E-state index in [9.17, 15) is 4.39 Å². The average molecular weight is 257 g/mol. The highest BCUT2D eigenvalue weighted by atomic mass is 19.1. The Kier molecular flexibility index (Phi) is 2.83. The maximum Gasteiger partial charge on any atom is 0.156 e. The van der Waals surface area contributed by atoms with E-state index in [1.165, 1.54) is 6.07 Å². The van der Waals surface area contributed by atoms with Gasteiger partial charge in [0, 0.05) is 12.4 Å². The molecule has 2 N–H and O–H groups in total. The zero-order valence-corrected chi connectivity index (χ0v) is 10.3. The second-order valence-corrected chi connectivity index (χ2v) is 4.15. The first-order valence-electron chi connectivity index (χ1n) is 5.89. The van der Waals surface area contributed by atoms with Gasteiger partial charge in [-0.1, -0.05) is 0 Å². The Morgan fingerprint density at radius 1 is 1.32 bits per heavy atom. The molecule has 0 radical (unpaired) electrons. The van der Waals surface area contributed by atoms with Crippen LogP contribution in [0.5, 0.6) is 0 Å². The Morgan fingerprint density at radius 3 is 3.05 bits per heavy atom. The maximum absolute atomic E-state index is 13.5. The van der Waals surface area contributed by atoms with E-state index >= 15 is 0 Å². The predicted octanol–water partition coefficient (Wildman–Crippen LogP) is 2.41. The normalized spacial score (nSPS) is 10.8. The molecule has 19 heavy (non-hydrogen) atoms. The van der Waals surface area contributed by atoms with Gasteiger partial charge in [-0.05, 0) is 25.1 Å². The number of aryl methyl sites for hydroxylation is 1. The smallest absolute Gasteiger partial charge is 0.156 e. The Labute approximate surface area is 108 Å². The van der Waals surface area contributed by atoms with E-state index in [0.29, 0.717) is 11.5 Å². The summed E-state index contributed by atoms with van der Waals surface area (Å²) in [6.45, 7) is 2.13. The molecular weight excluding hydrogens is 245 g/mol. The number of fused-ring (bicyclic) bond motifs is 1. The number of hydrogen-bond donors (Lipinski definition) is 2. The molecule has 0 aromatic carbocycles. The van der Waals surface area contributed by atoms with Crippen LogP contribution in [0.4, 0.5) is 10.2 Å². The topological polar surface area (TPSA) is 66.5 Å². The van der Waals surface area contributed by atoms with Gasteiger partial charge in [-0.25, -0.2) is 14.4 Å². The summed E-state index contributed by atoms with van der Waals surface area (Å²) in [5.74, 6) is 0.306. The molecule has 0 bridgehead atoms. The van der Waals surface area contributed by atoms with Crippen LogP contribution in [0.25, 0.3) is 11.2 Å². The van der Waals surface area contributed by atoms with E-state index in [1.807, 2.05) is 13.0 Å². The van der Waals surface area contributed by atoms with Crippen LogP contribution in [-0.4, -0.2) is 19.9 Å². The van der Waals surface area contributed by atoms with Crippen molar-refractivity contribution in [2.24, 2.45) is 0 Å². The lowest BCUT2D eigenvalue weighted by atomic mass is 10.3. The van der Waals surface area contributed by atoms with E-state index in [0.717, 1.165) is 16.9 Å². The SMILES string of the molecule is Cc1nc2[nH]ccc2nc1NCc1ncccc1F. The molecule has 3 heterocycles. The molecule has 0 aliphatic rings. The Hall–Kier alpha value is -2.50. The van der Waals surface area contributed by atoms with Crippen molar-refractivity contribution in [2.45, 2.75) is 13.5 Å². The van der Waals surface area contributed by atoms with Crippen LogP contribution in [-0.2, 0) is 6.54 Å². The minimum atomic E-state index is -0.330. The highest BCUT2D eigenvalue weighted by Crippen LogP contribution is 2.16. The van der Waals surface area contributed by atoms with Crippen LogP contribution in [0.3, 0.4) is 0 Å². The Balaban J connectivity index is 1.85. The molecule has 0 saturated heterocycles. The van der Waals surface area contributed by atoms with Gasteiger partial charge < -0.3 is 10.3 Å². The lowest BCUT2D eigenvalue weighted by Crippen LogP contribution is -2.07. The molecule has 6 heteroatoms. The number of anilines is 1. The molecule has 0 aliphatic heterocycles. The zero-order chi connectivity index (χ0) is 13.2. The molecule has 0 unspecified atom stereocenters. The third-order valence-electron chi connectivity index (χ3n) is 2.82. The summed E-state index contributed by atoms with van der Waals surface area (Å²) < 4.78 is 13.5. The highest BCUT2D eigenvalue weighted by Gasteiger charge is 2.07. The number of hydrogen-bond acceptors (Lipinski definition) is 4. The summed E-state index contributed by atoms with van der Waals surface area (Å²) in [5, 5.41) is 3.06. The third-order valence-corrected chi connectivity index (χ3v) is 2.82. The van der Waals surface area contributed by atoms with Gasteiger partial charge in [0.1, 0.15) is 17.2 Å². The number of nitrogens with one attached hydrogen (secondary N) is 2. The zero-order valence-electron chi connectivity index (χ0n) is 10.3. The molecule has 0 atom stereocenters. The van der Waals surface area contributed by atoms with Crippen molar-refractivity contribution in [2.75, 3.05) is 5.32 Å². The largest absolute Gasteiger partial charge is 0.363 e. The van der Waals surface area contributed by atoms with E-state index in [-0.39, 0.29) is 12.4 Å². The van der Waals surface area contributed by atoms with Crippen LogP contribution in [0.2, 0.25) is 0 Å². The number of aromatic nitrogens is 4. The van der Waals surface area contributed by atoms with Crippen LogP contribution in [0.15, 0.2) is 30.6 Å². The first-order valence-corrected chi connectivity index (χ1v) is 5.89. The summed E-state index contributed by atoms with van der Waals surface area (Å²) in [6, 6.07) is 4.79. The van der Waals surface area contributed by atoms with Gasteiger partial charge in [0.2, 0.25) is 0 Å². The number of nitrogens with zero attached hydrogens (tertiary/aromatic N) is 3. The fourth-order valence-electron chi connectivity index (χ4n) is 1.84. The van der Waals surface area contributed by atoms with Gasteiger partial charge in [-0.3, -0.25) is 4.98 Å². The third kappa shape index (κ3) is 2.24. The summed E-state index contributed by atoms with van der Waals surface area (Å²) in [5.41, 5.74) is 2.63. The van der Waals surface area contributed by atoms with Crippen molar-refractivity contribution < 1.29 is 4.39 Å². The minimum Gasteiger partial charge on any atom is -0.363 e. The molecule has 0 spiro atoms. The van der Waals surface area contributed by atoms with Gasteiger partial charge in [-0.2, -0.15) is 0 Å². The average Bonchev–Trinajstić information content (AvgIpc) is 2.84. The van der Waals surface area contributed by atoms with Gasteiger partial charge in [-0.15, -0.1) is 0 Å². The molecular formula is C13H12FN5. The molecule has 0 aliphatic carbocycles. The van der Waals surface area contributed by atoms with Crippen LogP contribution < -0.4 is 5.32 Å². The molecule has 3 rings (SSSR count). The van der Waals surface area contributed by atoms with Crippen molar-refractivity contribution >= 4 is 17.0 Å². The lowest BCUT2D eigenvalue weighted by Gasteiger charge is -2.08. The number of rotatable bonds is 3. The molecule has 0 saturated carbocycles. The van der Waals surface area contributed by atoms with E-state index in [2.05, 4.69) is 25.3 Å². The number of aromatic amines is 1. The molecule has 3 aromatic rings. The minimum absolute atomic E-state index is 0.276. The fraction of sp³-hybridized carbons (Fsp3) is 0.154. The quantitative estimate of drug-likeness (QED) is 0.756. The Bertz CT molecular complexity index is 722. The fourth-order valence-corrected chi connectivity index (χ4v) is 1.84. The molecule has 0 fully saturated rings. The summed E-state index contributed by atoms with van der Waals surface area (Å²) in [4.78, 5) is 15.8. The number of H-pyrrole nitrogens is 1. The summed E-state index contributed by atoms with van der Waals surface area (Å²) >= 11 is 0. The van der Waals surface area contributed by atoms with E-state index < -0.39 is 0 Å². The van der Waals surface area contributed by atoms with Gasteiger partial charge in [0.25, 0.3) is 0 Å². The standard InChI is InChI=1S/C13H12FN5/c1-8-12(19-10-4-6-16-13(10)18-8)17-7-11-9(14)3-2-5-15-11/h2-6H,7H2,1H3,(H,16,18)(H,17,19). The van der Waals surface area contributed by atoms with Gasteiger partial charge in [0.05, 0.1) is 17.9 Å². The lowest BCUT2D eigenvalue weighted by molar-refractivity contribution is 0.602. The van der Waals surface area contributed by atoms with Crippen LogP contribution in [0.1, 0.15) is 11.4 Å². The van der Waals surface area contributed by atoms with Crippen molar-refractivity contribution in [3.05, 3.63) is 47.8 Å². The van der Waals surface area contributed by atoms with Gasteiger partial charge >= 0.3 is 0 Å². The number of halogens is 1. The monoisotopic (exact) mass is 257 g/mol. The van der Waals surface area contributed by atoms with Gasteiger partial charge in [0.15, 0.2) is 5.65 Å². The second kappa shape index (κ2) is 4.64. The van der Waals surface area contributed by atoms with Crippen LogP contribution >= 0.6 is 0 Å². The molecule has 96 valence electrons. The predicted molar refractivity (Wildman–Crippen MR) is 70.1 cm³/mol. The molecule has 3 aromatic heterocycles. The highest BCUT2D eigenvalue weighted by molar-refractivity contribution is 5.72. The molecule has 5 nitrogen and oxygen atoms in total. The molecule has 0 amide bonds. The number of pyridine rings is 1. The Morgan fingerprint density at radius 2 is 2.21 bits per heavy atom. The summed E-state index contributed by atoms with van der Waals surface area (Å²) in [7, 11) is 0. The first-order chi connectivity index (χ1) is 9.24. The summed E-state index contributed by atoms with van der Waals surface area (Å²) in [6.07, 6.45) is 3.35. The second-order valence-electron chi connectivity index (χ2n) is 4.15. The first kappa shape index (κ1) is 11.6. The van der Waals surface area contributed by atoms with E-state index in [1.54, 1.807) is 18.5 Å². The van der Waals surface area contributed by atoms with Crippen molar-refractivity contribution in [3.8, 4) is 0 Å². The van der Waals surface area contributed by atoms with E-state index in [4.69, 9.17) is 0 Å².